The third-order valence-electron chi connectivity index (χ3n) is 3.87. The van der Waals surface area contributed by atoms with Crippen LogP contribution in [-0.4, -0.2) is 43.9 Å². The molecule has 0 saturated carbocycles. The molecule has 0 aliphatic heterocycles. The summed E-state index contributed by atoms with van der Waals surface area (Å²) in [5, 5.41) is 3.10. The molecule has 0 fully saturated rings. The van der Waals surface area contributed by atoms with E-state index in [0.717, 1.165) is 16.9 Å². The lowest BCUT2D eigenvalue weighted by atomic mass is 10.1. The first kappa shape index (κ1) is 19.7. The molecule has 138 valence electrons. The van der Waals surface area contributed by atoms with Crippen molar-refractivity contribution in [3.05, 3.63) is 51.9 Å². The second kappa shape index (κ2) is 8.62. The van der Waals surface area contributed by atoms with Crippen LogP contribution >= 0.6 is 11.3 Å². The lowest BCUT2D eigenvalue weighted by molar-refractivity contribution is -0.116. The number of hydrogen-bond acceptors (Lipinski definition) is 5. The van der Waals surface area contributed by atoms with Gasteiger partial charge in [-0.15, -0.1) is 11.3 Å². The third kappa shape index (κ3) is 4.49. The molecule has 26 heavy (non-hydrogen) atoms. The Kier molecular flexibility index (Phi) is 6.52. The summed E-state index contributed by atoms with van der Waals surface area (Å²) in [4.78, 5) is 38.6. The molecule has 1 N–H and O–H groups in total. The number of esters is 1. The number of hydrogen-bond donors (Lipinski definition) is 1. The highest BCUT2D eigenvalue weighted by Crippen LogP contribution is 2.34. The van der Waals surface area contributed by atoms with Gasteiger partial charge in [0.25, 0.3) is 5.91 Å². The third-order valence-corrected chi connectivity index (χ3v) is 5.07. The number of nitrogens with zero attached hydrogens (tertiary/aromatic N) is 1. The average molecular weight is 374 g/mol. The lowest BCUT2D eigenvalue weighted by Crippen LogP contribution is -2.21. The van der Waals surface area contributed by atoms with Crippen molar-refractivity contribution in [3.63, 3.8) is 0 Å². The fraction of sp³-hybridized carbons (Fsp3) is 0.316. The highest BCUT2D eigenvalue weighted by Gasteiger charge is 2.26. The Morgan fingerprint density at radius 2 is 1.81 bits per heavy atom. The summed E-state index contributed by atoms with van der Waals surface area (Å²) >= 11 is 1.09. The van der Waals surface area contributed by atoms with Gasteiger partial charge in [0.05, 0.1) is 17.6 Å². The summed E-state index contributed by atoms with van der Waals surface area (Å²) in [5.74, 6) is -1.01. The van der Waals surface area contributed by atoms with Gasteiger partial charge in [-0.25, -0.2) is 4.79 Å². The molecule has 1 aromatic carbocycles. The van der Waals surface area contributed by atoms with E-state index in [-0.39, 0.29) is 23.8 Å². The number of carbonyl (C=O) groups is 3. The van der Waals surface area contributed by atoms with Crippen LogP contribution in [0.4, 0.5) is 5.00 Å². The van der Waals surface area contributed by atoms with Crippen molar-refractivity contribution in [1.82, 2.24) is 4.90 Å². The number of ether oxygens (including phenoxy) is 1. The van der Waals surface area contributed by atoms with Crippen LogP contribution in [0.1, 0.15) is 37.6 Å². The summed E-state index contributed by atoms with van der Waals surface area (Å²) in [7, 11) is 4.54. The monoisotopic (exact) mass is 374 g/mol. The second-order valence-electron chi connectivity index (χ2n) is 5.99. The van der Waals surface area contributed by atoms with Gasteiger partial charge in [-0.1, -0.05) is 30.3 Å². The highest BCUT2D eigenvalue weighted by molar-refractivity contribution is 7.18. The average Bonchev–Trinajstić information content (AvgIpc) is 2.95. The zero-order chi connectivity index (χ0) is 19.3. The molecule has 0 aliphatic carbocycles. The maximum Gasteiger partial charge on any atom is 0.341 e. The van der Waals surface area contributed by atoms with E-state index >= 15 is 0 Å². The van der Waals surface area contributed by atoms with Crippen LogP contribution < -0.4 is 5.32 Å². The molecule has 1 heterocycles. The Hall–Kier alpha value is -2.67. The van der Waals surface area contributed by atoms with E-state index in [1.165, 1.54) is 12.0 Å². The number of benzene rings is 1. The Morgan fingerprint density at radius 3 is 2.38 bits per heavy atom. The summed E-state index contributed by atoms with van der Waals surface area (Å²) in [6.45, 7) is 1.68. The molecule has 6 nitrogen and oxygen atoms in total. The minimum Gasteiger partial charge on any atom is -0.465 e. The van der Waals surface area contributed by atoms with Crippen molar-refractivity contribution in [2.24, 2.45) is 0 Å². The lowest BCUT2D eigenvalue weighted by Gasteiger charge is -2.08. The summed E-state index contributed by atoms with van der Waals surface area (Å²) < 4.78 is 4.81. The molecule has 0 atom stereocenters. The fourth-order valence-corrected chi connectivity index (χ4v) is 3.68. The van der Waals surface area contributed by atoms with Crippen LogP contribution in [0.3, 0.4) is 0 Å². The maximum atomic E-state index is 12.3. The van der Waals surface area contributed by atoms with E-state index in [9.17, 15) is 14.4 Å². The molecular formula is C19H22N2O4S. The van der Waals surface area contributed by atoms with Crippen LogP contribution in [0.5, 0.6) is 0 Å². The molecule has 2 rings (SSSR count). The molecule has 0 saturated heterocycles. The number of aryl methyl sites for hydroxylation is 1. The van der Waals surface area contributed by atoms with E-state index in [2.05, 4.69) is 5.32 Å². The van der Waals surface area contributed by atoms with Crippen molar-refractivity contribution >= 4 is 34.1 Å². The molecule has 1 aromatic heterocycles. The van der Waals surface area contributed by atoms with Crippen molar-refractivity contribution in [3.8, 4) is 0 Å². The Balaban J connectivity index is 2.21. The molecule has 2 aromatic rings. The van der Waals surface area contributed by atoms with E-state index in [1.54, 1.807) is 21.0 Å². The molecule has 0 aliphatic rings. The zero-order valence-corrected chi connectivity index (χ0v) is 16.1. The highest BCUT2D eigenvalue weighted by atomic mass is 32.1. The second-order valence-corrected chi connectivity index (χ2v) is 7.01. The topological polar surface area (TPSA) is 75.7 Å². The van der Waals surface area contributed by atoms with Crippen molar-refractivity contribution in [2.45, 2.75) is 19.8 Å². The largest absolute Gasteiger partial charge is 0.465 e. The predicted octanol–water partition coefficient (Wildman–Crippen LogP) is 3.12. The van der Waals surface area contributed by atoms with E-state index in [0.29, 0.717) is 21.9 Å². The smallest absolute Gasteiger partial charge is 0.341 e. The molecule has 0 spiro atoms. The van der Waals surface area contributed by atoms with Gasteiger partial charge in [0.1, 0.15) is 5.00 Å². The minimum atomic E-state index is -0.574. The molecule has 0 radical (unpaired) electrons. The Bertz CT molecular complexity index is 812. The number of amides is 2. The fourth-order valence-electron chi connectivity index (χ4n) is 2.45. The molecule has 0 unspecified atom stereocenters. The number of methoxy groups -OCH3 is 1. The normalized spacial score (nSPS) is 10.3. The first-order chi connectivity index (χ1) is 12.3. The van der Waals surface area contributed by atoms with Gasteiger partial charge in [-0.2, -0.15) is 0 Å². The van der Waals surface area contributed by atoms with Crippen LogP contribution in [0, 0.1) is 6.92 Å². The predicted molar refractivity (Wildman–Crippen MR) is 102 cm³/mol. The molecule has 7 heteroatoms. The number of rotatable bonds is 6. The van der Waals surface area contributed by atoms with Gasteiger partial charge in [-0.3, -0.25) is 9.59 Å². The summed E-state index contributed by atoms with van der Waals surface area (Å²) in [5.41, 5.74) is 1.80. The van der Waals surface area contributed by atoms with Crippen molar-refractivity contribution < 1.29 is 19.1 Å². The number of anilines is 1. The summed E-state index contributed by atoms with van der Waals surface area (Å²) in [6.07, 6.45) is 0.868. The summed E-state index contributed by atoms with van der Waals surface area (Å²) in [6, 6.07) is 9.67. The van der Waals surface area contributed by atoms with Crippen LogP contribution in [0.25, 0.3) is 0 Å². The van der Waals surface area contributed by atoms with Gasteiger partial charge < -0.3 is 15.0 Å². The Morgan fingerprint density at radius 1 is 1.15 bits per heavy atom. The maximum absolute atomic E-state index is 12.3. The molecule has 2 amide bonds. The van der Waals surface area contributed by atoms with Gasteiger partial charge in [0, 0.05) is 20.5 Å². The van der Waals surface area contributed by atoms with Gasteiger partial charge in [0.2, 0.25) is 5.91 Å². The van der Waals surface area contributed by atoms with Crippen LogP contribution in [-0.2, 0) is 16.0 Å². The van der Waals surface area contributed by atoms with Crippen molar-refractivity contribution in [1.29, 1.82) is 0 Å². The first-order valence-corrected chi connectivity index (χ1v) is 8.94. The van der Waals surface area contributed by atoms with Crippen LogP contribution in [0.15, 0.2) is 30.3 Å². The number of nitrogens with one attached hydrogen (secondary N) is 1. The van der Waals surface area contributed by atoms with E-state index in [1.807, 2.05) is 30.3 Å². The number of thiophene rings is 1. The molecular weight excluding hydrogens is 352 g/mol. The van der Waals surface area contributed by atoms with Gasteiger partial charge in [0.15, 0.2) is 0 Å². The number of carbonyl (C=O) groups excluding carboxylic acids is 3. The molecule has 0 bridgehead atoms. The van der Waals surface area contributed by atoms with Gasteiger partial charge >= 0.3 is 5.97 Å². The minimum absolute atomic E-state index is 0.218. The van der Waals surface area contributed by atoms with E-state index < -0.39 is 5.97 Å². The SMILES string of the molecule is COC(=O)c1c(NC(=O)CCc2ccccc2)sc(C(=O)N(C)C)c1C. The first-order valence-electron chi connectivity index (χ1n) is 8.12. The zero-order valence-electron chi connectivity index (χ0n) is 15.3. The van der Waals surface area contributed by atoms with Gasteiger partial charge in [-0.05, 0) is 24.5 Å². The van der Waals surface area contributed by atoms with Crippen LogP contribution in [0.2, 0.25) is 0 Å². The Labute approximate surface area is 156 Å². The van der Waals surface area contributed by atoms with Crippen molar-refractivity contribution in [2.75, 3.05) is 26.5 Å². The standard InChI is InChI=1S/C19H22N2O4S/c1-12-15(19(24)25-4)17(26-16(12)18(23)21(2)3)20-14(22)11-10-13-8-6-5-7-9-13/h5-9H,10-11H2,1-4H3,(H,20,22). The quantitative estimate of drug-likeness (QED) is 0.788. The van der Waals surface area contributed by atoms with E-state index in [4.69, 9.17) is 4.74 Å².